The third-order valence-corrected chi connectivity index (χ3v) is 7.98. The van der Waals surface area contributed by atoms with E-state index in [0.717, 1.165) is 70.3 Å². The number of nitrogens with zero attached hydrogens (tertiary/aromatic N) is 2. The van der Waals surface area contributed by atoms with Crippen molar-refractivity contribution in [2.75, 3.05) is 39.9 Å². The predicted molar refractivity (Wildman–Crippen MR) is 120 cm³/mol. The molecule has 0 aromatic heterocycles. The number of hydrogen-bond acceptors (Lipinski definition) is 5. The SMILES string of the molecule is CN1CCC1C(=O)N[C@H]1CCCN2CCOc3ccccc3C3CCC(CC3)OCC12. The number of ether oxygens (including phenoxy) is 2. The van der Waals surface area contributed by atoms with Crippen LogP contribution in [-0.2, 0) is 9.53 Å². The fourth-order valence-corrected chi connectivity index (χ4v) is 5.92. The summed E-state index contributed by atoms with van der Waals surface area (Å²) in [7, 11) is 2.04. The molecule has 5 aliphatic rings. The van der Waals surface area contributed by atoms with Gasteiger partial charge in [-0.15, -0.1) is 0 Å². The first-order valence-corrected chi connectivity index (χ1v) is 12.3. The molecule has 4 aliphatic heterocycles. The molecule has 31 heavy (non-hydrogen) atoms. The second-order valence-corrected chi connectivity index (χ2v) is 9.84. The van der Waals surface area contributed by atoms with Gasteiger partial charge in [-0.3, -0.25) is 14.6 Å². The summed E-state index contributed by atoms with van der Waals surface area (Å²) < 4.78 is 12.8. The molecule has 4 heterocycles. The van der Waals surface area contributed by atoms with E-state index in [4.69, 9.17) is 9.47 Å². The van der Waals surface area contributed by atoms with Crippen LogP contribution in [0.3, 0.4) is 0 Å². The van der Waals surface area contributed by atoms with Gasteiger partial charge < -0.3 is 14.8 Å². The standard InChI is InChI=1S/C25H37N3O3/c1-27-14-12-22(27)25(29)26-21-6-4-13-28-15-16-30-24-7-3-2-5-20(24)18-8-10-19(11-9-18)31-17-23(21)28/h2-3,5,7,18-19,21-23H,4,6,8-17H2,1H3,(H,26,29)/t18?,19?,21-,22?,23?/m0/s1. The summed E-state index contributed by atoms with van der Waals surface area (Å²) in [5.41, 5.74) is 1.37. The highest BCUT2D eigenvalue weighted by Gasteiger charge is 2.37. The number of hydrogen-bond donors (Lipinski definition) is 1. The fourth-order valence-electron chi connectivity index (χ4n) is 5.92. The molecule has 3 fully saturated rings. The van der Waals surface area contributed by atoms with Gasteiger partial charge in [0.05, 0.1) is 24.8 Å². The molecule has 1 aromatic carbocycles. The van der Waals surface area contributed by atoms with Crippen molar-refractivity contribution in [1.29, 1.82) is 0 Å². The van der Waals surface area contributed by atoms with Crippen LogP contribution in [0.2, 0.25) is 0 Å². The summed E-state index contributed by atoms with van der Waals surface area (Å²) >= 11 is 0. The molecule has 2 unspecified atom stereocenters. The van der Waals surface area contributed by atoms with E-state index in [2.05, 4.69) is 39.4 Å². The molecule has 2 bridgehead atoms. The highest BCUT2D eigenvalue weighted by atomic mass is 16.5. The first kappa shape index (κ1) is 21.2. The van der Waals surface area contributed by atoms with Crippen LogP contribution in [0.15, 0.2) is 24.3 Å². The normalized spacial score (nSPS) is 34.7. The van der Waals surface area contributed by atoms with E-state index < -0.39 is 0 Å². The zero-order valence-electron chi connectivity index (χ0n) is 18.8. The second kappa shape index (κ2) is 9.47. The molecule has 0 spiro atoms. The van der Waals surface area contributed by atoms with Gasteiger partial charge in [0.15, 0.2) is 0 Å². The van der Waals surface area contributed by atoms with Crippen molar-refractivity contribution in [3.05, 3.63) is 29.8 Å². The minimum Gasteiger partial charge on any atom is -0.492 e. The average molecular weight is 428 g/mol. The number of fused-ring (bicyclic) bond motifs is 5. The Labute approximate surface area is 186 Å². The van der Waals surface area contributed by atoms with E-state index in [9.17, 15) is 4.79 Å². The first-order valence-electron chi connectivity index (χ1n) is 12.3. The number of carbonyl (C=O) groups is 1. The van der Waals surface area contributed by atoms with Gasteiger partial charge in [-0.05, 0) is 76.1 Å². The molecule has 1 amide bonds. The molecule has 1 aromatic rings. The highest BCUT2D eigenvalue weighted by molar-refractivity contribution is 5.83. The van der Waals surface area contributed by atoms with Crippen LogP contribution in [-0.4, -0.2) is 79.8 Å². The van der Waals surface area contributed by atoms with Crippen molar-refractivity contribution in [2.45, 2.75) is 75.1 Å². The van der Waals surface area contributed by atoms with E-state index in [1.165, 1.54) is 5.56 Å². The number of benzene rings is 1. The zero-order chi connectivity index (χ0) is 21.2. The topological polar surface area (TPSA) is 54.0 Å². The van der Waals surface area contributed by atoms with Crippen molar-refractivity contribution in [1.82, 2.24) is 15.1 Å². The van der Waals surface area contributed by atoms with Crippen LogP contribution < -0.4 is 10.1 Å². The third-order valence-electron chi connectivity index (χ3n) is 7.98. The van der Waals surface area contributed by atoms with Crippen molar-refractivity contribution in [3.63, 3.8) is 0 Å². The summed E-state index contributed by atoms with van der Waals surface area (Å²) in [4.78, 5) is 17.5. The summed E-state index contributed by atoms with van der Waals surface area (Å²) in [6.07, 6.45) is 7.97. The molecule has 0 radical (unpaired) electrons. The summed E-state index contributed by atoms with van der Waals surface area (Å²) in [5, 5.41) is 3.39. The van der Waals surface area contributed by atoms with Gasteiger partial charge in [-0.2, -0.15) is 0 Å². The number of carbonyl (C=O) groups excluding carboxylic acids is 1. The van der Waals surface area contributed by atoms with Crippen molar-refractivity contribution < 1.29 is 14.3 Å². The number of likely N-dealkylation sites (N-methyl/N-ethyl adjacent to an activating group) is 1. The number of amides is 1. The van der Waals surface area contributed by atoms with Gasteiger partial charge in [0, 0.05) is 19.1 Å². The van der Waals surface area contributed by atoms with Crippen molar-refractivity contribution >= 4 is 5.91 Å². The largest absolute Gasteiger partial charge is 0.492 e. The Balaban J connectivity index is 1.32. The zero-order valence-corrected chi connectivity index (χ0v) is 18.8. The molecule has 1 N–H and O–H groups in total. The van der Waals surface area contributed by atoms with Gasteiger partial charge in [0.2, 0.25) is 5.91 Å². The Morgan fingerprint density at radius 1 is 1.03 bits per heavy atom. The van der Waals surface area contributed by atoms with E-state index in [1.54, 1.807) is 0 Å². The maximum atomic E-state index is 12.8. The van der Waals surface area contributed by atoms with Crippen LogP contribution >= 0.6 is 0 Å². The lowest BCUT2D eigenvalue weighted by Gasteiger charge is -2.44. The Kier molecular flexibility index (Phi) is 6.49. The molecule has 1 saturated carbocycles. The number of piperidine rings is 1. The van der Waals surface area contributed by atoms with Gasteiger partial charge >= 0.3 is 0 Å². The maximum absolute atomic E-state index is 12.8. The van der Waals surface area contributed by atoms with E-state index in [0.29, 0.717) is 25.2 Å². The first-order chi connectivity index (χ1) is 15.2. The van der Waals surface area contributed by atoms with Crippen LogP contribution in [0.5, 0.6) is 5.75 Å². The van der Waals surface area contributed by atoms with Gasteiger partial charge in [-0.25, -0.2) is 0 Å². The number of likely N-dealkylation sites (tertiary alicyclic amines) is 1. The summed E-state index contributed by atoms with van der Waals surface area (Å²) in [6.45, 7) is 4.31. The lowest BCUT2D eigenvalue weighted by Crippen LogP contribution is -2.62. The van der Waals surface area contributed by atoms with Gasteiger partial charge in [0.25, 0.3) is 0 Å². The molecule has 1 aliphatic carbocycles. The second-order valence-electron chi connectivity index (χ2n) is 9.84. The molecule has 170 valence electrons. The molecule has 3 atom stereocenters. The van der Waals surface area contributed by atoms with Crippen molar-refractivity contribution in [3.8, 4) is 5.75 Å². The van der Waals surface area contributed by atoms with E-state index in [1.807, 2.05) is 7.05 Å². The molecule has 6 rings (SSSR count). The summed E-state index contributed by atoms with van der Waals surface area (Å²) in [5.74, 6) is 1.82. The molecular formula is C25H37N3O3. The molecular weight excluding hydrogens is 390 g/mol. The Bertz CT molecular complexity index is 764. The molecule has 2 saturated heterocycles. The van der Waals surface area contributed by atoms with Crippen LogP contribution in [0, 0.1) is 0 Å². The summed E-state index contributed by atoms with van der Waals surface area (Å²) in [6, 6.07) is 9.01. The number of nitrogens with one attached hydrogen (secondary N) is 1. The highest BCUT2D eigenvalue weighted by Crippen LogP contribution is 2.38. The number of para-hydroxylation sites is 1. The lowest BCUT2D eigenvalue weighted by molar-refractivity contribution is -0.132. The van der Waals surface area contributed by atoms with E-state index in [-0.39, 0.29) is 24.0 Å². The van der Waals surface area contributed by atoms with Gasteiger partial charge in [0.1, 0.15) is 12.4 Å². The van der Waals surface area contributed by atoms with Crippen molar-refractivity contribution in [2.24, 2.45) is 0 Å². The third kappa shape index (κ3) is 4.62. The van der Waals surface area contributed by atoms with Crippen LogP contribution in [0.4, 0.5) is 0 Å². The quantitative estimate of drug-likeness (QED) is 0.787. The van der Waals surface area contributed by atoms with Gasteiger partial charge in [-0.1, -0.05) is 18.2 Å². The van der Waals surface area contributed by atoms with Crippen LogP contribution in [0.1, 0.15) is 56.4 Å². The van der Waals surface area contributed by atoms with E-state index >= 15 is 0 Å². The Morgan fingerprint density at radius 2 is 1.87 bits per heavy atom. The Hall–Kier alpha value is -1.63. The average Bonchev–Trinajstić information content (AvgIpc) is 2.80. The predicted octanol–water partition coefficient (Wildman–Crippen LogP) is 2.78. The minimum atomic E-state index is 0.0427. The maximum Gasteiger partial charge on any atom is 0.237 e. The number of rotatable bonds is 2. The smallest absolute Gasteiger partial charge is 0.237 e. The fraction of sp³-hybridized carbons (Fsp3) is 0.720. The Morgan fingerprint density at radius 3 is 2.65 bits per heavy atom. The van der Waals surface area contributed by atoms with Crippen LogP contribution in [0.25, 0.3) is 0 Å². The monoisotopic (exact) mass is 427 g/mol. The minimum absolute atomic E-state index is 0.0427. The molecule has 6 heteroatoms. The lowest BCUT2D eigenvalue weighted by atomic mass is 9.82. The molecule has 6 nitrogen and oxygen atoms in total.